The fraction of sp³-hybridized carbons (Fsp3) is 0.571. The third-order valence-electron chi connectivity index (χ3n) is 3.65. The van der Waals surface area contributed by atoms with Crippen LogP contribution in [0.3, 0.4) is 0 Å². The Morgan fingerprint density at radius 2 is 2.39 bits per heavy atom. The predicted octanol–water partition coefficient (Wildman–Crippen LogP) is 1.21. The van der Waals surface area contributed by atoms with Crippen LogP contribution in [-0.4, -0.2) is 35.4 Å². The molecule has 1 aromatic rings. The summed E-state index contributed by atoms with van der Waals surface area (Å²) in [5.41, 5.74) is 6.86. The molecule has 1 fully saturated rings. The molecule has 1 aromatic heterocycles. The van der Waals surface area contributed by atoms with E-state index in [-0.39, 0.29) is 11.9 Å². The molecule has 18 heavy (non-hydrogen) atoms. The third kappa shape index (κ3) is 3.29. The second-order valence-corrected chi connectivity index (χ2v) is 5.01. The molecular weight excluding hydrogens is 226 g/mol. The van der Waals surface area contributed by atoms with Crippen molar-refractivity contribution in [2.24, 2.45) is 11.7 Å². The van der Waals surface area contributed by atoms with Crippen LogP contribution in [0.2, 0.25) is 0 Å². The van der Waals surface area contributed by atoms with E-state index in [4.69, 9.17) is 5.73 Å². The molecule has 4 nitrogen and oxygen atoms in total. The summed E-state index contributed by atoms with van der Waals surface area (Å²) in [6, 6.07) is 4.13. The molecule has 1 amide bonds. The molecule has 0 aliphatic heterocycles. The van der Waals surface area contributed by atoms with Gasteiger partial charge in [-0.1, -0.05) is 6.07 Å². The van der Waals surface area contributed by atoms with Crippen molar-refractivity contribution in [3.63, 3.8) is 0 Å². The Kier molecular flexibility index (Phi) is 4.31. The number of amides is 1. The van der Waals surface area contributed by atoms with E-state index in [0.717, 1.165) is 12.0 Å². The Morgan fingerprint density at radius 1 is 1.61 bits per heavy atom. The van der Waals surface area contributed by atoms with Crippen LogP contribution in [-0.2, 0) is 11.2 Å². The van der Waals surface area contributed by atoms with Crippen molar-refractivity contribution in [3.05, 3.63) is 30.1 Å². The van der Waals surface area contributed by atoms with E-state index in [1.807, 2.05) is 30.3 Å². The average Bonchev–Trinajstić information content (AvgIpc) is 3.22. The number of likely N-dealkylation sites (N-methyl/N-ethyl adjacent to an activating group) is 1. The number of aromatic nitrogens is 1. The van der Waals surface area contributed by atoms with Gasteiger partial charge in [-0.25, -0.2) is 0 Å². The fourth-order valence-electron chi connectivity index (χ4n) is 2.31. The number of nitrogens with zero attached hydrogens (tertiary/aromatic N) is 2. The van der Waals surface area contributed by atoms with Gasteiger partial charge in [-0.2, -0.15) is 0 Å². The summed E-state index contributed by atoms with van der Waals surface area (Å²) in [5.74, 6) is 0.809. The van der Waals surface area contributed by atoms with Crippen molar-refractivity contribution in [1.29, 1.82) is 0 Å². The highest BCUT2D eigenvalue weighted by Gasteiger charge is 2.34. The first-order valence-corrected chi connectivity index (χ1v) is 6.57. The van der Waals surface area contributed by atoms with E-state index in [0.29, 0.717) is 18.9 Å². The van der Waals surface area contributed by atoms with Crippen molar-refractivity contribution in [2.75, 3.05) is 13.6 Å². The van der Waals surface area contributed by atoms with Crippen LogP contribution in [0.5, 0.6) is 0 Å². The Bertz CT molecular complexity index is 389. The summed E-state index contributed by atoms with van der Waals surface area (Å²) in [6.45, 7) is 0.569. The number of rotatable bonds is 6. The molecule has 0 radical (unpaired) electrons. The highest BCUT2D eigenvalue weighted by molar-refractivity contribution is 5.76. The molecule has 1 aliphatic rings. The number of hydrogen-bond acceptors (Lipinski definition) is 3. The van der Waals surface area contributed by atoms with Crippen molar-refractivity contribution in [2.45, 2.75) is 31.7 Å². The summed E-state index contributed by atoms with van der Waals surface area (Å²) in [4.78, 5) is 18.0. The van der Waals surface area contributed by atoms with Crippen LogP contribution in [0.4, 0.5) is 0 Å². The zero-order valence-corrected chi connectivity index (χ0v) is 10.9. The Hall–Kier alpha value is -1.42. The number of hydrogen-bond donors (Lipinski definition) is 1. The molecule has 2 N–H and O–H groups in total. The van der Waals surface area contributed by atoms with Gasteiger partial charge in [0.1, 0.15) is 0 Å². The van der Waals surface area contributed by atoms with E-state index in [1.165, 1.54) is 12.8 Å². The van der Waals surface area contributed by atoms with Crippen LogP contribution in [0, 0.1) is 5.92 Å². The lowest BCUT2D eigenvalue weighted by molar-refractivity contribution is -0.132. The van der Waals surface area contributed by atoms with Gasteiger partial charge in [0.25, 0.3) is 0 Å². The third-order valence-corrected chi connectivity index (χ3v) is 3.65. The van der Waals surface area contributed by atoms with Crippen molar-refractivity contribution in [3.8, 4) is 0 Å². The minimum Gasteiger partial charge on any atom is -0.341 e. The van der Waals surface area contributed by atoms with Crippen LogP contribution in [0.25, 0.3) is 0 Å². The van der Waals surface area contributed by atoms with Crippen LogP contribution in [0.1, 0.15) is 24.8 Å². The van der Waals surface area contributed by atoms with Gasteiger partial charge in [0.05, 0.1) is 0 Å². The Morgan fingerprint density at radius 3 is 2.94 bits per heavy atom. The molecule has 1 saturated carbocycles. The van der Waals surface area contributed by atoms with Crippen LogP contribution in [0.15, 0.2) is 24.5 Å². The molecule has 2 rings (SSSR count). The smallest absolute Gasteiger partial charge is 0.222 e. The summed E-state index contributed by atoms with van der Waals surface area (Å²) >= 11 is 0. The van der Waals surface area contributed by atoms with Crippen LogP contribution < -0.4 is 5.73 Å². The largest absolute Gasteiger partial charge is 0.341 e. The van der Waals surface area contributed by atoms with E-state index >= 15 is 0 Å². The molecular formula is C14H21N3O. The summed E-state index contributed by atoms with van der Waals surface area (Å²) in [6.07, 6.45) is 7.26. The van der Waals surface area contributed by atoms with E-state index in [2.05, 4.69) is 4.98 Å². The minimum absolute atomic E-state index is 0.182. The molecule has 1 heterocycles. The molecule has 1 atom stereocenters. The second kappa shape index (κ2) is 5.96. The first-order valence-electron chi connectivity index (χ1n) is 6.57. The van der Waals surface area contributed by atoms with Crippen molar-refractivity contribution < 1.29 is 4.79 Å². The van der Waals surface area contributed by atoms with Crippen molar-refractivity contribution >= 4 is 5.91 Å². The second-order valence-electron chi connectivity index (χ2n) is 5.01. The molecule has 0 saturated heterocycles. The standard InChI is InChI=1S/C14H21N3O/c1-17(13(9-15)12-5-6-12)14(18)7-4-11-3-2-8-16-10-11/h2-3,8,10,12-13H,4-7,9,15H2,1H3. The minimum atomic E-state index is 0.182. The average molecular weight is 247 g/mol. The highest BCUT2D eigenvalue weighted by atomic mass is 16.2. The van der Waals surface area contributed by atoms with Crippen LogP contribution >= 0.6 is 0 Å². The molecule has 0 aromatic carbocycles. The number of carbonyl (C=O) groups is 1. The summed E-state index contributed by atoms with van der Waals surface area (Å²) in [5, 5.41) is 0. The number of aryl methyl sites for hydroxylation is 1. The number of pyridine rings is 1. The number of carbonyl (C=O) groups excluding carboxylic acids is 1. The van der Waals surface area contributed by atoms with Gasteiger partial charge in [-0.05, 0) is 36.8 Å². The maximum Gasteiger partial charge on any atom is 0.222 e. The first kappa shape index (κ1) is 13.0. The normalized spacial score (nSPS) is 16.3. The van der Waals surface area contributed by atoms with Gasteiger partial charge in [0, 0.05) is 38.4 Å². The maximum absolute atomic E-state index is 12.1. The molecule has 0 spiro atoms. The van der Waals surface area contributed by atoms with E-state index in [1.54, 1.807) is 6.20 Å². The number of nitrogens with two attached hydrogens (primary N) is 1. The van der Waals surface area contributed by atoms with Gasteiger partial charge >= 0.3 is 0 Å². The zero-order valence-electron chi connectivity index (χ0n) is 10.9. The summed E-state index contributed by atoms with van der Waals surface area (Å²) < 4.78 is 0. The SMILES string of the molecule is CN(C(=O)CCc1cccnc1)C(CN)C1CC1. The summed E-state index contributed by atoms with van der Waals surface area (Å²) in [7, 11) is 1.88. The van der Waals surface area contributed by atoms with Gasteiger partial charge in [-0.3, -0.25) is 9.78 Å². The lowest BCUT2D eigenvalue weighted by atomic mass is 10.1. The maximum atomic E-state index is 12.1. The van der Waals surface area contributed by atoms with E-state index in [9.17, 15) is 4.79 Å². The van der Waals surface area contributed by atoms with E-state index < -0.39 is 0 Å². The first-order chi connectivity index (χ1) is 8.72. The van der Waals surface area contributed by atoms with Gasteiger partial charge in [-0.15, -0.1) is 0 Å². The molecule has 4 heteroatoms. The lowest BCUT2D eigenvalue weighted by Crippen LogP contribution is -2.43. The fourth-order valence-corrected chi connectivity index (χ4v) is 2.31. The predicted molar refractivity (Wildman–Crippen MR) is 70.9 cm³/mol. The molecule has 1 aliphatic carbocycles. The molecule has 0 bridgehead atoms. The molecule has 98 valence electrons. The lowest BCUT2D eigenvalue weighted by Gasteiger charge is -2.27. The topological polar surface area (TPSA) is 59.2 Å². The van der Waals surface area contributed by atoms with Gasteiger partial charge in [0.2, 0.25) is 5.91 Å². The highest BCUT2D eigenvalue weighted by Crippen LogP contribution is 2.34. The Balaban J connectivity index is 1.83. The Labute approximate surface area is 108 Å². The monoisotopic (exact) mass is 247 g/mol. The van der Waals surface area contributed by atoms with Crippen molar-refractivity contribution in [1.82, 2.24) is 9.88 Å². The quantitative estimate of drug-likeness (QED) is 0.822. The van der Waals surface area contributed by atoms with Gasteiger partial charge < -0.3 is 10.6 Å². The van der Waals surface area contributed by atoms with Gasteiger partial charge in [0.15, 0.2) is 0 Å². The molecule has 1 unspecified atom stereocenters. The zero-order chi connectivity index (χ0) is 13.0.